The van der Waals surface area contributed by atoms with Gasteiger partial charge in [-0.3, -0.25) is 0 Å². The Morgan fingerprint density at radius 3 is 1.72 bits per heavy atom. The summed E-state index contributed by atoms with van der Waals surface area (Å²) in [5, 5.41) is 0. The van der Waals surface area contributed by atoms with Gasteiger partial charge in [0.1, 0.15) is 17.3 Å². The van der Waals surface area contributed by atoms with Gasteiger partial charge in [-0.05, 0) is 92.3 Å². The summed E-state index contributed by atoms with van der Waals surface area (Å²) in [5.41, 5.74) is 7.64. The lowest BCUT2D eigenvalue weighted by Crippen LogP contribution is -1.93. The number of hydrogen-bond acceptors (Lipinski definition) is 1. The van der Waals surface area contributed by atoms with Crippen molar-refractivity contribution in [2.24, 2.45) is 0 Å². The fourth-order valence-corrected chi connectivity index (χ4v) is 3.53. The van der Waals surface area contributed by atoms with Gasteiger partial charge in [0, 0.05) is 6.07 Å². The molecule has 3 aromatic carbocycles. The van der Waals surface area contributed by atoms with Crippen LogP contribution >= 0.6 is 0 Å². The molecule has 0 bridgehead atoms. The Balaban J connectivity index is 2.04. The minimum Gasteiger partial charge on any atom is -0.457 e. The summed E-state index contributed by atoms with van der Waals surface area (Å²) in [6.07, 6.45) is 0. The topological polar surface area (TPSA) is 9.23 Å². The van der Waals surface area contributed by atoms with E-state index in [9.17, 15) is 4.39 Å². The van der Waals surface area contributed by atoms with Crippen LogP contribution in [0.1, 0.15) is 27.8 Å². The molecule has 0 aromatic heterocycles. The van der Waals surface area contributed by atoms with E-state index in [1.54, 1.807) is 6.07 Å². The monoisotopic (exact) mass is 334 g/mol. The number of aryl methyl sites for hydroxylation is 5. The normalized spacial score (nSPS) is 10.8. The molecule has 0 aliphatic heterocycles. The fourth-order valence-electron chi connectivity index (χ4n) is 3.53. The number of hydrogen-bond donors (Lipinski definition) is 0. The number of rotatable bonds is 3. The van der Waals surface area contributed by atoms with Crippen LogP contribution in [0.15, 0.2) is 48.5 Å². The van der Waals surface area contributed by atoms with Crippen LogP contribution in [0, 0.1) is 40.4 Å². The quantitative estimate of drug-likeness (QED) is 0.510. The number of benzene rings is 3. The highest BCUT2D eigenvalue weighted by Crippen LogP contribution is 2.33. The zero-order valence-electron chi connectivity index (χ0n) is 15.4. The molecule has 3 rings (SSSR count). The molecule has 0 fully saturated rings. The van der Waals surface area contributed by atoms with Crippen LogP contribution in [0.25, 0.3) is 11.1 Å². The molecule has 0 radical (unpaired) electrons. The van der Waals surface area contributed by atoms with Crippen LogP contribution in [-0.2, 0) is 0 Å². The van der Waals surface area contributed by atoms with Gasteiger partial charge in [-0.2, -0.15) is 0 Å². The van der Waals surface area contributed by atoms with Crippen LogP contribution in [0.3, 0.4) is 0 Å². The van der Waals surface area contributed by atoms with E-state index in [0.29, 0.717) is 5.75 Å². The fraction of sp³-hybridized carbons (Fsp3) is 0.217. The second kappa shape index (κ2) is 6.72. The van der Waals surface area contributed by atoms with E-state index in [0.717, 1.165) is 39.1 Å². The highest BCUT2D eigenvalue weighted by Gasteiger charge is 2.11. The molecule has 0 atom stereocenters. The average Bonchev–Trinajstić information content (AvgIpc) is 2.44. The molecule has 0 spiro atoms. The zero-order valence-corrected chi connectivity index (χ0v) is 15.4. The molecule has 3 aromatic rings. The predicted octanol–water partition coefficient (Wildman–Crippen LogP) is 6.83. The van der Waals surface area contributed by atoms with Crippen LogP contribution in [-0.4, -0.2) is 0 Å². The van der Waals surface area contributed by atoms with Crippen LogP contribution in [0.5, 0.6) is 11.5 Å². The third-order valence-corrected chi connectivity index (χ3v) is 4.27. The van der Waals surface area contributed by atoms with Gasteiger partial charge in [0.25, 0.3) is 0 Å². The van der Waals surface area contributed by atoms with Crippen molar-refractivity contribution in [2.45, 2.75) is 34.6 Å². The first kappa shape index (κ1) is 17.2. The van der Waals surface area contributed by atoms with E-state index in [2.05, 4.69) is 39.0 Å². The van der Waals surface area contributed by atoms with Crippen molar-refractivity contribution in [2.75, 3.05) is 0 Å². The highest BCUT2D eigenvalue weighted by molar-refractivity contribution is 5.72. The Kier molecular flexibility index (Phi) is 4.63. The first-order valence-electron chi connectivity index (χ1n) is 8.47. The second-order valence-electron chi connectivity index (χ2n) is 6.87. The molecular weight excluding hydrogens is 311 g/mol. The first-order chi connectivity index (χ1) is 11.8. The SMILES string of the molecule is Cc1cc(C)cc(Oc2cc(F)cc(-c3c(C)cc(C)cc3C)c2)c1. The van der Waals surface area contributed by atoms with Crippen molar-refractivity contribution in [1.82, 2.24) is 0 Å². The van der Waals surface area contributed by atoms with Gasteiger partial charge in [0.15, 0.2) is 0 Å². The summed E-state index contributed by atoms with van der Waals surface area (Å²) in [6, 6.07) is 15.2. The summed E-state index contributed by atoms with van der Waals surface area (Å²) >= 11 is 0. The minimum atomic E-state index is -0.295. The van der Waals surface area contributed by atoms with Crippen molar-refractivity contribution in [3.63, 3.8) is 0 Å². The van der Waals surface area contributed by atoms with Crippen molar-refractivity contribution in [1.29, 1.82) is 0 Å². The molecule has 128 valence electrons. The number of ether oxygens (including phenoxy) is 1. The third-order valence-electron chi connectivity index (χ3n) is 4.27. The predicted molar refractivity (Wildman–Crippen MR) is 102 cm³/mol. The van der Waals surface area contributed by atoms with Gasteiger partial charge in [0.05, 0.1) is 0 Å². The van der Waals surface area contributed by atoms with E-state index in [1.165, 1.54) is 11.6 Å². The smallest absolute Gasteiger partial charge is 0.130 e. The standard InChI is InChI=1S/C23H23FO/c1-14-6-15(2)10-21(9-14)25-22-12-19(11-20(24)13-22)23-17(4)7-16(3)8-18(23)5/h6-13H,1-5H3. The molecule has 0 heterocycles. The lowest BCUT2D eigenvalue weighted by molar-refractivity contribution is 0.476. The van der Waals surface area contributed by atoms with Crippen molar-refractivity contribution in [3.05, 3.63) is 82.2 Å². The maximum absolute atomic E-state index is 14.2. The molecule has 2 heteroatoms. The summed E-state index contributed by atoms with van der Waals surface area (Å²) < 4.78 is 20.2. The van der Waals surface area contributed by atoms with Crippen LogP contribution in [0.4, 0.5) is 4.39 Å². The Hall–Kier alpha value is -2.61. The Morgan fingerprint density at radius 2 is 1.12 bits per heavy atom. The maximum atomic E-state index is 14.2. The molecule has 25 heavy (non-hydrogen) atoms. The lowest BCUT2D eigenvalue weighted by atomic mass is 9.94. The molecule has 0 aliphatic rings. The average molecular weight is 334 g/mol. The van der Waals surface area contributed by atoms with Crippen molar-refractivity contribution >= 4 is 0 Å². The lowest BCUT2D eigenvalue weighted by Gasteiger charge is -2.14. The highest BCUT2D eigenvalue weighted by atomic mass is 19.1. The Bertz CT molecular complexity index is 898. The van der Waals surface area contributed by atoms with Crippen LogP contribution < -0.4 is 4.74 Å². The third kappa shape index (κ3) is 3.90. The van der Waals surface area contributed by atoms with E-state index in [-0.39, 0.29) is 5.82 Å². The minimum absolute atomic E-state index is 0.295. The van der Waals surface area contributed by atoms with E-state index < -0.39 is 0 Å². The Labute approximate surface area is 149 Å². The largest absolute Gasteiger partial charge is 0.457 e. The van der Waals surface area contributed by atoms with Gasteiger partial charge >= 0.3 is 0 Å². The Morgan fingerprint density at radius 1 is 0.600 bits per heavy atom. The molecule has 0 amide bonds. The summed E-state index contributed by atoms with van der Waals surface area (Å²) in [6.45, 7) is 10.2. The van der Waals surface area contributed by atoms with E-state index in [4.69, 9.17) is 4.74 Å². The molecule has 0 N–H and O–H groups in total. The zero-order chi connectivity index (χ0) is 18.1. The molecule has 0 saturated heterocycles. The van der Waals surface area contributed by atoms with Gasteiger partial charge in [-0.15, -0.1) is 0 Å². The van der Waals surface area contributed by atoms with Gasteiger partial charge < -0.3 is 4.74 Å². The summed E-state index contributed by atoms with van der Waals surface area (Å²) in [4.78, 5) is 0. The van der Waals surface area contributed by atoms with E-state index >= 15 is 0 Å². The molecular formula is C23H23FO. The van der Waals surface area contributed by atoms with Gasteiger partial charge in [-0.25, -0.2) is 4.39 Å². The summed E-state index contributed by atoms with van der Waals surface area (Å²) in [7, 11) is 0. The van der Waals surface area contributed by atoms with Gasteiger partial charge in [0.2, 0.25) is 0 Å². The first-order valence-corrected chi connectivity index (χ1v) is 8.47. The van der Waals surface area contributed by atoms with Gasteiger partial charge in [-0.1, -0.05) is 23.8 Å². The van der Waals surface area contributed by atoms with Crippen LogP contribution in [0.2, 0.25) is 0 Å². The summed E-state index contributed by atoms with van der Waals surface area (Å²) in [5.74, 6) is 0.946. The molecule has 0 saturated carbocycles. The van der Waals surface area contributed by atoms with Crippen molar-refractivity contribution < 1.29 is 9.13 Å². The second-order valence-corrected chi connectivity index (χ2v) is 6.87. The molecule has 0 aliphatic carbocycles. The maximum Gasteiger partial charge on any atom is 0.130 e. The number of halogens is 1. The molecule has 0 unspecified atom stereocenters. The van der Waals surface area contributed by atoms with E-state index in [1.807, 2.05) is 32.0 Å². The molecule has 1 nitrogen and oxygen atoms in total. The van der Waals surface area contributed by atoms with Crippen molar-refractivity contribution in [3.8, 4) is 22.6 Å².